The summed E-state index contributed by atoms with van der Waals surface area (Å²) in [7, 11) is 1.53. The Hall–Kier alpha value is -3.25. The molecule has 0 aliphatic rings. The zero-order valence-electron chi connectivity index (χ0n) is 17.1. The lowest BCUT2D eigenvalue weighted by atomic mass is 10.0. The van der Waals surface area contributed by atoms with E-state index in [1.54, 1.807) is 13.0 Å². The number of benzene rings is 3. The van der Waals surface area contributed by atoms with Crippen LogP contribution < -0.4 is 15.4 Å². The molecule has 0 aliphatic carbocycles. The van der Waals surface area contributed by atoms with E-state index in [0.717, 1.165) is 17.2 Å². The fraction of sp³-hybridized carbons (Fsp3) is 0.208. The molecule has 0 aromatic heterocycles. The third-order valence-corrected chi connectivity index (χ3v) is 4.85. The van der Waals surface area contributed by atoms with E-state index in [1.165, 1.54) is 19.2 Å². The van der Waals surface area contributed by atoms with Gasteiger partial charge in [0.05, 0.1) is 12.8 Å². The minimum absolute atomic E-state index is 0.276. The number of aryl methyl sites for hydroxylation is 1. The summed E-state index contributed by atoms with van der Waals surface area (Å²) in [6.07, 6.45) is 0. The van der Waals surface area contributed by atoms with Crippen molar-refractivity contribution in [1.82, 2.24) is 5.32 Å². The molecule has 0 aliphatic heterocycles. The molecule has 0 bridgehead atoms. The van der Waals surface area contributed by atoms with Gasteiger partial charge in [0.2, 0.25) is 5.91 Å². The van der Waals surface area contributed by atoms with Crippen molar-refractivity contribution in [2.45, 2.75) is 25.9 Å². The Balaban J connectivity index is 1.89. The number of anilines is 1. The number of amides is 1. The van der Waals surface area contributed by atoms with Crippen molar-refractivity contribution in [1.29, 1.82) is 0 Å². The molecular weight excluding hydrogens is 386 g/mol. The number of nitrogens with one attached hydrogen (secondary N) is 2. The fourth-order valence-electron chi connectivity index (χ4n) is 3.29. The van der Waals surface area contributed by atoms with Gasteiger partial charge in [-0.25, -0.2) is 8.78 Å². The maximum Gasteiger partial charge on any atom is 0.246 e. The summed E-state index contributed by atoms with van der Waals surface area (Å²) in [6, 6.07) is 16.7. The van der Waals surface area contributed by atoms with E-state index in [-0.39, 0.29) is 11.5 Å². The minimum atomic E-state index is -0.768. The van der Waals surface area contributed by atoms with Gasteiger partial charge in [0, 0.05) is 17.7 Å². The Morgan fingerprint density at radius 1 is 1.00 bits per heavy atom. The Morgan fingerprint density at radius 2 is 1.73 bits per heavy atom. The third kappa shape index (κ3) is 5.02. The number of carbonyl (C=O) groups excluding carboxylic acids is 1. The number of ether oxygens (including phenoxy) is 1. The minimum Gasteiger partial charge on any atom is -0.495 e. The van der Waals surface area contributed by atoms with Crippen LogP contribution in [0.1, 0.15) is 35.7 Å². The van der Waals surface area contributed by atoms with Gasteiger partial charge in [-0.2, -0.15) is 0 Å². The van der Waals surface area contributed by atoms with Crippen LogP contribution in [0.4, 0.5) is 14.5 Å². The first kappa shape index (κ1) is 21.5. The Morgan fingerprint density at radius 3 is 2.40 bits per heavy atom. The van der Waals surface area contributed by atoms with Crippen molar-refractivity contribution in [3.8, 4) is 5.75 Å². The maximum absolute atomic E-state index is 14.2. The van der Waals surface area contributed by atoms with Crippen molar-refractivity contribution in [3.05, 3.63) is 95.1 Å². The Bertz CT molecular complexity index is 1020. The molecule has 2 atom stereocenters. The molecule has 0 heterocycles. The highest BCUT2D eigenvalue weighted by molar-refractivity contribution is 5.96. The summed E-state index contributed by atoms with van der Waals surface area (Å²) in [5.41, 5.74) is 2.51. The molecule has 0 unspecified atom stereocenters. The summed E-state index contributed by atoms with van der Waals surface area (Å²) in [5.74, 6) is -1.09. The van der Waals surface area contributed by atoms with Gasteiger partial charge in [-0.3, -0.25) is 10.1 Å². The molecule has 0 fully saturated rings. The van der Waals surface area contributed by atoms with Gasteiger partial charge in [-0.05, 0) is 43.2 Å². The first-order valence-corrected chi connectivity index (χ1v) is 9.60. The molecule has 6 heteroatoms. The number of hydrogen-bond acceptors (Lipinski definition) is 3. The largest absolute Gasteiger partial charge is 0.495 e. The number of halogens is 2. The van der Waals surface area contributed by atoms with Crippen LogP contribution in [0.25, 0.3) is 0 Å². The van der Waals surface area contributed by atoms with Crippen LogP contribution in [0.3, 0.4) is 0 Å². The lowest BCUT2D eigenvalue weighted by Crippen LogP contribution is -2.35. The summed E-state index contributed by atoms with van der Waals surface area (Å²) in [4.78, 5) is 13.2. The van der Waals surface area contributed by atoms with Crippen molar-refractivity contribution >= 4 is 11.6 Å². The van der Waals surface area contributed by atoms with Crippen molar-refractivity contribution < 1.29 is 18.3 Å². The second kappa shape index (κ2) is 9.50. The third-order valence-electron chi connectivity index (χ3n) is 4.85. The number of rotatable bonds is 7. The zero-order chi connectivity index (χ0) is 21.7. The van der Waals surface area contributed by atoms with E-state index in [1.807, 2.05) is 49.4 Å². The Kier molecular flexibility index (Phi) is 6.79. The molecule has 156 valence electrons. The average Bonchev–Trinajstić information content (AvgIpc) is 2.72. The molecule has 3 aromatic carbocycles. The second-order valence-electron chi connectivity index (χ2n) is 7.09. The van der Waals surface area contributed by atoms with Crippen molar-refractivity contribution in [2.24, 2.45) is 0 Å². The van der Waals surface area contributed by atoms with Gasteiger partial charge < -0.3 is 10.1 Å². The van der Waals surface area contributed by atoms with Crippen LogP contribution in [-0.2, 0) is 4.79 Å². The maximum atomic E-state index is 14.2. The molecule has 0 saturated heterocycles. The van der Waals surface area contributed by atoms with Gasteiger partial charge in [0.15, 0.2) is 0 Å². The lowest BCUT2D eigenvalue weighted by Gasteiger charge is -2.24. The highest BCUT2D eigenvalue weighted by atomic mass is 19.1. The molecule has 2 N–H and O–H groups in total. The molecule has 4 nitrogen and oxygen atoms in total. The molecule has 3 aromatic rings. The van der Waals surface area contributed by atoms with E-state index < -0.39 is 23.7 Å². The Labute approximate surface area is 174 Å². The van der Waals surface area contributed by atoms with Crippen LogP contribution in [0.2, 0.25) is 0 Å². The summed E-state index contributed by atoms with van der Waals surface area (Å²) in [5, 5.41) is 6.07. The zero-order valence-corrected chi connectivity index (χ0v) is 17.1. The summed E-state index contributed by atoms with van der Waals surface area (Å²) >= 11 is 0. The predicted molar refractivity (Wildman–Crippen MR) is 113 cm³/mol. The number of carbonyl (C=O) groups is 1. The summed E-state index contributed by atoms with van der Waals surface area (Å²) in [6.45, 7) is 3.65. The highest BCUT2D eigenvalue weighted by Gasteiger charge is 2.25. The fourth-order valence-corrected chi connectivity index (χ4v) is 3.29. The monoisotopic (exact) mass is 410 g/mol. The van der Waals surface area contributed by atoms with E-state index in [4.69, 9.17) is 4.74 Å². The highest BCUT2D eigenvalue weighted by Crippen LogP contribution is 2.28. The SMILES string of the molecule is COc1ccc(C)cc1NC(=O)[C@H](N[C@@H](C)c1ccc(F)cc1F)c1ccccc1. The molecule has 0 saturated carbocycles. The van der Waals surface area contributed by atoms with E-state index in [9.17, 15) is 13.6 Å². The predicted octanol–water partition coefficient (Wildman–Crippen LogP) is 5.31. The first-order valence-electron chi connectivity index (χ1n) is 9.60. The lowest BCUT2D eigenvalue weighted by molar-refractivity contribution is -0.118. The van der Waals surface area contributed by atoms with Crippen LogP contribution in [0.5, 0.6) is 5.75 Å². The van der Waals surface area contributed by atoms with Crippen molar-refractivity contribution in [3.63, 3.8) is 0 Å². The average molecular weight is 410 g/mol. The van der Waals surface area contributed by atoms with Gasteiger partial charge in [-0.1, -0.05) is 42.5 Å². The smallest absolute Gasteiger partial charge is 0.246 e. The van der Waals surface area contributed by atoms with Gasteiger partial charge in [0.25, 0.3) is 0 Å². The van der Waals surface area contributed by atoms with Gasteiger partial charge in [0.1, 0.15) is 23.4 Å². The first-order chi connectivity index (χ1) is 14.4. The molecule has 30 heavy (non-hydrogen) atoms. The topological polar surface area (TPSA) is 50.4 Å². The molecule has 0 spiro atoms. The van der Waals surface area contributed by atoms with Crippen LogP contribution in [-0.4, -0.2) is 13.0 Å². The van der Waals surface area contributed by atoms with Crippen LogP contribution in [0.15, 0.2) is 66.7 Å². The van der Waals surface area contributed by atoms with E-state index >= 15 is 0 Å². The normalized spacial score (nSPS) is 12.8. The van der Waals surface area contributed by atoms with Gasteiger partial charge >= 0.3 is 0 Å². The van der Waals surface area contributed by atoms with E-state index in [2.05, 4.69) is 10.6 Å². The summed E-state index contributed by atoms with van der Waals surface area (Å²) < 4.78 is 32.9. The van der Waals surface area contributed by atoms with Crippen LogP contribution >= 0.6 is 0 Å². The number of methoxy groups -OCH3 is 1. The standard InChI is InChI=1S/C24H24F2N2O2/c1-15-9-12-22(30-3)21(13-15)28-24(29)23(17-7-5-4-6-8-17)27-16(2)19-11-10-18(25)14-20(19)26/h4-14,16,23,27H,1-3H3,(H,28,29)/t16-,23+/m0/s1. The quantitative estimate of drug-likeness (QED) is 0.555. The van der Waals surface area contributed by atoms with E-state index in [0.29, 0.717) is 11.4 Å². The molecule has 3 rings (SSSR count). The molecule has 0 radical (unpaired) electrons. The van der Waals surface area contributed by atoms with Gasteiger partial charge in [-0.15, -0.1) is 0 Å². The van der Waals surface area contributed by atoms with Crippen LogP contribution in [0, 0.1) is 18.6 Å². The molecular formula is C24H24F2N2O2. The molecule has 1 amide bonds. The number of hydrogen-bond donors (Lipinski definition) is 2. The van der Waals surface area contributed by atoms with Crippen molar-refractivity contribution in [2.75, 3.05) is 12.4 Å². The second-order valence-corrected chi connectivity index (χ2v) is 7.09.